The van der Waals surface area contributed by atoms with Gasteiger partial charge in [-0.1, -0.05) is 12.1 Å². The zero-order valence-corrected chi connectivity index (χ0v) is 23.6. The van der Waals surface area contributed by atoms with Crippen LogP contribution in [-0.2, 0) is 24.3 Å². The number of aryl methyl sites for hydroxylation is 1. The highest BCUT2D eigenvalue weighted by Gasteiger charge is 2.42. The molecule has 0 saturated carbocycles. The number of aromatic nitrogens is 3. The third-order valence-electron chi connectivity index (χ3n) is 7.79. The van der Waals surface area contributed by atoms with E-state index in [-0.39, 0.29) is 36.2 Å². The minimum Gasteiger partial charge on any atom is -0.489 e. The number of carbonyl (C=O) groups excluding carboxylic acids is 2. The molecule has 7 rings (SSSR count). The largest absolute Gasteiger partial charge is 0.489 e. The number of hydrogen-bond donors (Lipinski definition) is 2. The molecule has 0 spiro atoms. The number of ether oxygens (including phenoxy) is 1. The second-order valence-electron chi connectivity index (χ2n) is 10.3. The van der Waals surface area contributed by atoms with Crippen molar-refractivity contribution in [1.29, 1.82) is 0 Å². The van der Waals surface area contributed by atoms with E-state index in [1.807, 2.05) is 28.8 Å². The fraction of sp³-hybridized carbons (Fsp3) is 0.310. The molecule has 12 heteroatoms. The maximum Gasteiger partial charge on any atom is 0.255 e. The van der Waals surface area contributed by atoms with Crippen molar-refractivity contribution in [3.05, 3.63) is 82.6 Å². The summed E-state index contributed by atoms with van der Waals surface area (Å²) in [5.74, 6) is -0.542. The third kappa shape index (κ3) is 5.09. The minimum absolute atomic E-state index is 0. The van der Waals surface area contributed by atoms with Gasteiger partial charge in [-0.15, -0.1) is 23.7 Å². The van der Waals surface area contributed by atoms with Crippen molar-refractivity contribution in [2.45, 2.75) is 44.5 Å². The topological polar surface area (TPSA) is 101 Å². The summed E-state index contributed by atoms with van der Waals surface area (Å²) < 4.78 is 23.5. The number of fused-ring (bicyclic) bond motifs is 2. The molecule has 9 nitrogen and oxygen atoms in total. The van der Waals surface area contributed by atoms with Crippen LogP contribution >= 0.6 is 23.7 Å². The first-order valence-corrected chi connectivity index (χ1v) is 14.3. The Morgan fingerprint density at radius 1 is 1.20 bits per heavy atom. The summed E-state index contributed by atoms with van der Waals surface area (Å²) in [7, 11) is 0. The van der Waals surface area contributed by atoms with E-state index in [4.69, 9.17) is 4.74 Å². The Morgan fingerprint density at radius 2 is 2.05 bits per heavy atom. The molecule has 2 aromatic heterocycles. The molecule has 3 aliphatic rings. The molecule has 2 N–H and O–H groups in total. The number of carbonyl (C=O) groups is 2. The van der Waals surface area contributed by atoms with Crippen LogP contribution in [0.2, 0.25) is 0 Å². The second-order valence-corrected chi connectivity index (χ2v) is 11.2. The predicted molar refractivity (Wildman–Crippen MR) is 155 cm³/mol. The van der Waals surface area contributed by atoms with E-state index in [0.29, 0.717) is 16.4 Å². The lowest BCUT2D eigenvalue weighted by molar-refractivity contribution is -0.121. The van der Waals surface area contributed by atoms with Crippen LogP contribution in [0, 0.1) is 5.82 Å². The first-order chi connectivity index (χ1) is 19.5. The molecular formula is C29H28ClFN6O3S. The summed E-state index contributed by atoms with van der Waals surface area (Å²) in [5, 5.41) is 8.29. The quantitative estimate of drug-likeness (QED) is 0.325. The second kappa shape index (κ2) is 11.2. The van der Waals surface area contributed by atoms with Crippen LogP contribution < -0.4 is 15.4 Å². The van der Waals surface area contributed by atoms with Crippen molar-refractivity contribution in [3.8, 4) is 16.9 Å². The Bertz CT molecular complexity index is 1590. The van der Waals surface area contributed by atoms with Gasteiger partial charge in [-0.2, -0.15) is 0 Å². The van der Waals surface area contributed by atoms with Gasteiger partial charge in [0.15, 0.2) is 11.2 Å². The fourth-order valence-corrected chi connectivity index (χ4v) is 6.34. The molecule has 2 amide bonds. The Morgan fingerprint density at radius 3 is 2.80 bits per heavy atom. The van der Waals surface area contributed by atoms with E-state index < -0.39 is 23.7 Å². The van der Waals surface area contributed by atoms with E-state index in [1.165, 1.54) is 22.3 Å². The smallest absolute Gasteiger partial charge is 0.255 e. The standard InChI is InChI=1S/C29H27FN6O3S.ClH/c30-23-13-18(17-3-5-19(6-4-17)39-20-7-8-31-14-20)12-21-22(23)15-36(28(21)38)26(27(37)34-29-32-9-11-40-29)25-24-2-1-10-35(24)16-33-25;/h3-6,9,11-13,16,20,26,31H,1-2,7-8,10,14-15H2,(H,32,34,37);1H/t20-,26?;/m1./s1. The summed E-state index contributed by atoms with van der Waals surface area (Å²) in [6.45, 7) is 2.56. The molecule has 1 unspecified atom stereocenters. The number of thiazole rings is 1. The summed E-state index contributed by atoms with van der Waals surface area (Å²) >= 11 is 1.29. The number of nitrogens with one attached hydrogen (secondary N) is 2. The predicted octanol–water partition coefficient (Wildman–Crippen LogP) is 4.59. The monoisotopic (exact) mass is 594 g/mol. The van der Waals surface area contributed by atoms with Gasteiger partial charge in [0, 0.05) is 41.5 Å². The first kappa shape index (κ1) is 27.4. The van der Waals surface area contributed by atoms with Gasteiger partial charge in [-0.25, -0.2) is 14.4 Å². The fourth-order valence-electron chi connectivity index (χ4n) is 5.81. The number of hydrogen-bond acceptors (Lipinski definition) is 7. The zero-order valence-electron chi connectivity index (χ0n) is 22.0. The van der Waals surface area contributed by atoms with Crippen molar-refractivity contribution < 1.29 is 18.7 Å². The van der Waals surface area contributed by atoms with Crippen molar-refractivity contribution >= 4 is 40.7 Å². The normalized spacial score (nSPS) is 18.1. The van der Waals surface area contributed by atoms with Gasteiger partial charge in [-0.3, -0.25) is 14.9 Å². The minimum atomic E-state index is -1.01. The molecule has 2 aromatic carbocycles. The molecule has 5 heterocycles. The molecule has 1 fully saturated rings. The van der Waals surface area contributed by atoms with Crippen LogP contribution in [0.4, 0.5) is 9.52 Å². The Balaban J connectivity index is 0.00000302. The third-order valence-corrected chi connectivity index (χ3v) is 8.48. The van der Waals surface area contributed by atoms with E-state index in [1.54, 1.807) is 24.0 Å². The van der Waals surface area contributed by atoms with E-state index >= 15 is 4.39 Å². The Labute approximate surface area is 246 Å². The number of rotatable bonds is 7. The number of benzene rings is 2. The number of anilines is 1. The van der Waals surface area contributed by atoms with Crippen LogP contribution in [0.3, 0.4) is 0 Å². The Hall–Kier alpha value is -3.80. The highest BCUT2D eigenvalue weighted by atomic mass is 35.5. The number of nitrogens with zero attached hydrogens (tertiary/aromatic N) is 4. The lowest BCUT2D eigenvalue weighted by Crippen LogP contribution is -2.38. The van der Waals surface area contributed by atoms with Crippen LogP contribution in [0.5, 0.6) is 5.75 Å². The molecule has 0 bridgehead atoms. The lowest BCUT2D eigenvalue weighted by Gasteiger charge is -2.26. The molecular weight excluding hydrogens is 567 g/mol. The first-order valence-electron chi connectivity index (χ1n) is 13.4. The summed E-state index contributed by atoms with van der Waals surface area (Å²) in [6.07, 6.45) is 6.12. The van der Waals surface area contributed by atoms with Gasteiger partial charge in [0.25, 0.3) is 11.8 Å². The number of amides is 2. The molecule has 212 valence electrons. The molecule has 1 saturated heterocycles. The van der Waals surface area contributed by atoms with Crippen molar-refractivity contribution in [3.63, 3.8) is 0 Å². The number of imidazole rings is 1. The number of halogens is 2. The van der Waals surface area contributed by atoms with Crippen LogP contribution in [0.25, 0.3) is 11.1 Å². The van der Waals surface area contributed by atoms with E-state index in [0.717, 1.165) is 55.9 Å². The zero-order chi connectivity index (χ0) is 27.2. The molecule has 0 aliphatic carbocycles. The van der Waals surface area contributed by atoms with Gasteiger partial charge >= 0.3 is 0 Å². The highest BCUT2D eigenvalue weighted by Crippen LogP contribution is 2.38. The maximum atomic E-state index is 15.5. The molecule has 4 aromatic rings. The van der Waals surface area contributed by atoms with Gasteiger partial charge in [0.05, 0.1) is 18.6 Å². The van der Waals surface area contributed by atoms with Crippen molar-refractivity contribution in [1.82, 2.24) is 24.8 Å². The van der Waals surface area contributed by atoms with Crippen LogP contribution in [0.1, 0.15) is 46.2 Å². The summed E-state index contributed by atoms with van der Waals surface area (Å²) in [4.78, 5) is 37.6. The van der Waals surface area contributed by atoms with Gasteiger partial charge in [-0.05, 0) is 61.2 Å². The average Bonchev–Trinajstić information content (AvgIpc) is 3.78. The molecule has 0 radical (unpaired) electrons. The molecule has 41 heavy (non-hydrogen) atoms. The van der Waals surface area contributed by atoms with Crippen LogP contribution in [0.15, 0.2) is 54.3 Å². The molecule has 3 aliphatic heterocycles. The summed E-state index contributed by atoms with van der Waals surface area (Å²) in [5.41, 5.74) is 3.36. The van der Waals surface area contributed by atoms with Gasteiger partial charge in [0.2, 0.25) is 0 Å². The van der Waals surface area contributed by atoms with E-state index in [2.05, 4.69) is 20.6 Å². The van der Waals surface area contributed by atoms with Crippen molar-refractivity contribution in [2.75, 3.05) is 18.4 Å². The summed E-state index contributed by atoms with van der Waals surface area (Å²) in [6, 6.07) is 9.62. The Kier molecular flexibility index (Phi) is 7.50. The van der Waals surface area contributed by atoms with Crippen molar-refractivity contribution in [2.24, 2.45) is 0 Å². The van der Waals surface area contributed by atoms with Gasteiger partial charge in [0.1, 0.15) is 17.7 Å². The SMILES string of the molecule is Cl.O=C(Nc1nccs1)C(c1ncn2c1CCC2)N1Cc2c(F)cc(-c3ccc(O[C@@H]4CCNC4)cc3)cc2C1=O. The van der Waals surface area contributed by atoms with Crippen LogP contribution in [-0.4, -0.2) is 50.4 Å². The maximum absolute atomic E-state index is 15.5. The van der Waals surface area contributed by atoms with E-state index in [9.17, 15) is 9.59 Å². The van der Waals surface area contributed by atoms with Gasteiger partial charge < -0.3 is 19.5 Å². The lowest BCUT2D eigenvalue weighted by atomic mass is 9.99. The molecule has 2 atom stereocenters. The highest BCUT2D eigenvalue weighted by molar-refractivity contribution is 7.13. The average molecular weight is 595 g/mol.